The van der Waals surface area contributed by atoms with Crippen LogP contribution in [0.15, 0.2) is 23.4 Å². The van der Waals surface area contributed by atoms with Gasteiger partial charge in [-0.25, -0.2) is 26.9 Å². The lowest BCUT2D eigenvalue weighted by molar-refractivity contribution is -0.0134. The first-order valence-corrected chi connectivity index (χ1v) is 13.6. The molecule has 0 unspecified atom stereocenters. The molecule has 2 fully saturated rings. The molecule has 14 heteroatoms. The number of ether oxygens (including phenoxy) is 1. The van der Waals surface area contributed by atoms with Gasteiger partial charge in [0, 0.05) is 18.3 Å². The molecule has 2 atom stereocenters. The molecule has 0 amide bonds. The van der Waals surface area contributed by atoms with Gasteiger partial charge in [-0.3, -0.25) is 4.40 Å². The van der Waals surface area contributed by atoms with E-state index in [1.54, 1.807) is 16.7 Å². The molecular formula is C21H26F2N6O4S2. The number of aromatic nitrogens is 4. The zero-order valence-electron chi connectivity index (χ0n) is 19.2. The molecule has 35 heavy (non-hydrogen) atoms. The number of nitrogens with zero attached hydrogens (tertiary/aromatic N) is 5. The highest BCUT2D eigenvalue weighted by atomic mass is 32.2. The molecule has 1 aliphatic heterocycles. The SMILES string of the molecule is CC[C@@H]1CO[C@H](CO)CN1c1cc(S(=O)(=O)NC2(C)CC2)cn2c(-c3nnc(C(F)F)s3)ncc12. The van der Waals surface area contributed by atoms with Crippen molar-refractivity contribution in [1.29, 1.82) is 0 Å². The minimum Gasteiger partial charge on any atom is -0.394 e. The van der Waals surface area contributed by atoms with E-state index in [1.165, 1.54) is 6.20 Å². The van der Waals surface area contributed by atoms with Gasteiger partial charge >= 0.3 is 0 Å². The minimum atomic E-state index is -3.90. The lowest BCUT2D eigenvalue weighted by atomic mass is 10.1. The zero-order chi connectivity index (χ0) is 25.0. The second kappa shape index (κ2) is 9.00. The number of rotatable bonds is 8. The van der Waals surface area contributed by atoms with Crippen molar-refractivity contribution in [3.8, 4) is 10.8 Å². The van der Waals surface area contributed by atoms with Crippen LogP contribution in [0.5, 0.6) is 0 Å². The van der Waals surface area contributed by atoms with E-state index < -0.39 is 33.1 Å². The molecule has 1 saturated carbocycles. The smallest absolute Gasteiger partial charge is 0.291 e. The van der Waals surface area contributed by atoms with Gasteiger partial charge < -0.3 is 14.7 Å². The molecule has 1 aliphatic carbocycles. The van der Waals surface area contributed by atoms with E-state index >= 15 is 0 Å². The number of aliphatic hydroxyl groups is 1. The summed E-state index contributed by atoms with van der Waals surface area (Å²) in [6.07, 6.45) is 2.03. The third kappa shape index (κ3) is 4.65. The second-order valence-electron chi connectivity index (χ2n) is 9.16. The van der Waals surface area contributed by atoms with E-state index in [1.807, 2.05) is 18.7 Å². The predicted octanol–water partition coefficient (Wildman–Crippen LogP) is 2.60. The summed E-state index contributed by atoms with van der Waals surface area (Å²) in [7, 11) is -3.90. The van der Waals surface area contributed by atoms with Gasteiger partial charge in [-0.05, 0) is 32.3 Å². The van der Waals surface area contributed by atoms with Crippen LogP contribution in [0, 0.1) is 0 Å². The van der Waals surface area contributed by atoms with Crippen LogP contribution in [0.3, 0.4) is 0 Å². The Labute approximate surface area is 205 Å². The molecule has 2 aliphatic rings. The third-order valence-electron chi connectivity index (χ3n) is 6.45. The van der Waals surface area contributed by atoms with Crippen LogP contribution in [0.25, 0.3) is 16.3 Å². The first-order valence-electron chi connectivity index (χ1n) is 11.3. The van der Waals surface area contributed by atoms with Gasteiger partial charge in [0.25, 0.3) is 6.43 Å². The van der Waals surface area contributed by atoms with Crippen molar-refractivity contribution < 1.29 is 27.0 Å². The highest BCUT2D eigenvalue weighted by molar-refractivity contribution is 7.89. The van der Waals surface area contributed by atoms with Crippen LogP contribution in [0.4, 0.5) is 14.5 Å². The van der Waals surface area contributed by atoms with Crippen molar-refractivity contribution >= 4 is 32.6 Å². The Morgan fingerprint density at radius 2 is 2.14 bits per heavy atom. The van der Waals surface area contributed by atoms with Gasteiger partial charge in [0.15, 0.2) is 15.8 Å². The summed E-state index contributed by atoms with van der Waals surface area (Å²) < 4.78 is 63.0. The van der Waals surface area contributed by atoms with Crippen LogP contribution in [0.1, 0.15) is 44.5 Å². The topological polar surface area (TPSA) is 122 Å². The number of sulfonamides is 1. The maximum atomic E-state index is 13.3. The highest BCUT2D eigenvalue weighted by Gasteiger charge is 2.42. The summed E-state index contributed by atoms with van der Waals surface area (Å²) in [5, 5.41) is 16.8. The van der Waals surface area contributed by atoms with Crippen molar-refractivity contribution in [1.82, 2.24) is 24.3 Å². The van der Waals surface area contributed by atoms with E-state index in [2.05, 4.69) is 19.9 Å². The standard InChI is InChI=1S/C21H26F2N6O4S2/c1-3-12-11-33-13(10-30)8-28(12)15-6-14(35(31,32)27-21(2)4-5-21)9-29-16(15)7-24-18(29)20-26-25-19(34-20)17(22)23/h6-7,9,12-13,17,27,30H,3-5,8,10-11H2,1-2H3/t12-,13+/m1/s1. The summed E-state index contributed by atoms with van der Waals surface area (Å²) >= 11 is 0.710. The Balaban J connectivity index is 1.68. The fourth-order valence-corrected chi connectivity index (χ4v) is 6.35. The Morgan fingerprint density at radius 3 is 2.77 bits per heavy atom. The molecule has 0 aromatic carbocycles. The summed E-state index contributed by atoms with van der Waals surface area (Å²) in [5.41, 5.74) is 0.700. The Hall–Kier alpha value is -2.26. The molecule has 5 rings (SSSR count). The molecule has 3 aromatic rings. The predicted molar refractivity (Wildman–Crippen MR) is 125 cm³/mol. The second-order valence-corrected chi connectivity index (χ2v) is 11.9. The average molecular weight is 529 g/mol. The number of pyridine rings is 1. The van der Waals surface area contributed by atoms with Gasteiger partial charge in [-0.1, -0.05) is 18.3 Å². The number of morpholine rings is 1. The van der Waals surface area contributed by atoms with E-state index in [-0.39, 0.29) is 28.4 Å². The molecule has 3 aromatic heterocycles. The fraction of sp³-hybridized carbons (Fsp3) is 0.571. The van der Waals surface area contributed by atoms with Crippen LogP contribution in [0.2, 0.25) is 0 Å². The van der Waals surface area contributed by atoms with Gasteiger partial charge in [0.2, 0.25) is 10.0 Å². The molecule has 10 nitrogen and oxygen atoms in total. The summed E-state index contributed by atoms with van der Waals surface area (Å²) in [5.74, 6) is 0.223. The van der Waals surface area contributed by atoms with Crippen molar-refractivity contribution in [2.75, 3.05) is 24.7 Å². The Morgan fingerprint density at radius 1 is 1.37 bits per heavy atom. The molecule has 0 bridgehead atoms. The van der Waals surface area contributed by atoms with Gasteiger partial charge in [-0.2, -0.15) is 0 Å². The number of anilines is 1. The monoisotopic (exact) mass is 528 g/mol. The quantitative estimate of drug-likeness (QED) is 0.458. The van der Waals surface area contributed by atoms with Crippen molar-refractivity contribution in [2.45, 2.75) is 62.1 Å². The number of imidazole rings is 1. The fourth-order valence-electron chi connectivity index (χ4n) is 4.18. The number of halogens is 2. The van der Waals surface area contributed by atoms with E-state index in [0.29, 0.717) is 35.7 Å². The summed E-state index contributed by atoms with van der Waals surface area (Å²) in [6, 6.07) is 1.54. The van der Waals surface area contributed by atoms with E-state index in [4.69, 9.17) is 4.74 Å². The lowest BCUT2D eigenvalue weighted by Crippen LogP contribution is -2.51. The van der Waals surface area contributed by atoms with Crippen molar-refractivity contribution in [3.05, 3.63) is 23.5 Å². The number of alkyl halides is 2. The first kappa shape index (κ1) is 24.4. The average Bonchev–Trinajstić information content (AvgIpc) is 3.21. The normalized spacial score (nSPS) is 22.3. The maximum Gasteiger partial charge on any atom is 0.291 e. The molecule has 2 N–H and O–H groups in total. The number of nitrogens with one attached hydrogen (secondary N) is 1. The van der Waals surface area contributed by atoms with Gasteiger partial charge in [-0.15, -0.1) is 10.2 Å². The molecule has 0 spiro atoms. The van der Waals surface area contributed by atoms with Crippen LogP contribution in [-0.4, -0.2) is 70.5 Å². The highest BCUT2D eigenvalue weighted by Crippen LogP contribution is 2.38. The zero-order valence-corrected chi connectivity index (χ0v) is 20.8. The van der Waals surface area contributed by atoms with Crippen molar-refractivity contribution in [2.24, 2.45) is 0 Å². The maximum absolute atomic E-state index is 13.3. The molecular weight excluding hydrogens is 502 g/mol. The minimum absolute atomic E-state index is 0.0212. The lowest BCUT2D eigenvalue weighted by Gasteiger charge is -2.40. The summed E-state index contributed by atoms with van der Waals surface area (Å²) in [4.78, 5) is 6.44. The van der Waals surface area contributed by atoms with Crippen LogP contribution in [-0.2, 0) is 14.8 Å². The van der Waals surface area contributed by atoms with Crippen LogP contribution < -0.4 is 9.62 Å². The van der Waals surface area contributed by atoms with E-state index in [0.717, 1.165) is 19.3 Å². The van der Waals surface area contributed by atoms with Crippen molar-refractivity contribution in [3.63, 3.8) is 0 Å². The molecule has 190 valence electrons. The third-order valence-corrected chi connectivity index (χ3v) is 8.99. The Kier molecular flexibility index (Phi) is 6.28. The molecule has 1 saturated heterocycles. The largest absolute Gasteiger partial charge is 0.394 e. The first-order chi connectivity index (χ1) is 16.6. The molecule has 0 radical (unpaired) electrons. The van der Waals surface area contributed by atoms with E-state index in [9.17, 15) is 22.3 Å². The van der Waals surface area contributed by atoms with Crippen LogP contribution >= 0.6 is 11.3 Å². The number of hydrogen-bond donors (Lipinski definition) is 2. The molecule has 4 heterocycles. The number of fused-ring (bicyclic) bond motifs is 1. The number of hydrogen-bond acceptors (Lipinski definition) is 9. The number of aliphatic hydroxyl groups excluding tert-OH is 1. The van der Waals surface area contributed by atoms with Gasteiger partial charge in [0.1, 0.15) is 4.90 Å². The summed E-state index contributed by atoms with van der Waals surface area (Å²) in [6.45, 7) is 4.40. The Bertz CT molecular complexity index is 1340. The van der Waals surface area contributed by atoms with Gasteiger partial charge in [0.05, 0.1) is 42.8 Å².